The molecule has 1 aliphatic carbocycles. The minimum absolute atomic E-state index is 0.166. The SMILES string of the molecule is CC(C)c1noc(C(C)S(=O)C2CCC(C)(C)CC2)n1. The van der Waals surface area contributed by atoms with Crippen LogP contribution in [0.3, 0.4) is 0 Å². The van der Waals surface area contributed by atoms with E-state index in [1.807, 2.05) is 20.8 Å². The van der Waals surface area contributed by atoms with Gasteiger partial charge in [0.05, 0.1) is 0 Å². The van der Waals surface area contributed by atoms with Crippen molar-refractivity contribution in [3.8, 4) is 0 Å². The van der Waals surface area contributed by atoms with Crippen molar-refractivity contribution in [1.29, 1.82) is 0 Å². The lowest BCUT2D eigenvalue weighted by atomic mass is 9.77. The largest absolute Gasteiger partial charge is 0.338 e. The second-order valence-corrected chi connectivity index (χ2v) is 9.01. The van der Waals surface area contributed by atoms with E-state index in [9.17, 15) is 4.21 Å². The van der Waals surface area contributed by atoms with Crippen LogP contribution in [-0.2, 0) is 10.8 Å². The molecule has 2 rings (SSSR count). The van der Waals surface area contributed by atoms with Gasteiger partial charge in [0.25, 0.3) is 0 Å². The first kappa shape index (κ1) is 15.7. The fraction of sp³-hybridized carbons (Fsp3) is 0.867. The van der Waals surface area contributed by atoms with E-state index in [1.165, 1.54) is 0 Å². The van der Waals surface area contributed by atoms with Gasteiger partial charge in [-0.05, 0) is 38.0 Å². The average molecular weight is 298 g/mol. The van der Waals surface area contributed by atoms with Crippen LogP contribution in [0.5, 0.6) is 0 Å². The standard InChI is InChI=1S/C15H26N2O2S/c1-10(2)13-16-14(19-17-13)11(3)20(18)12-6-8-15(4,5)9-7-12/h10-12H,6-9H2,1-5H3. The topological polar surface area (TPSA) is 56.0 Å². The summed E-state index contributed by atoms with van der Waals surface area (Å²) in [6.07, 6.45) is 4.37. The summed E-state index contributed by atoms with van der Waals surface area (Å²) in [4.78, 5) is 4.38. The lowest BCUT2D eigenvalue weighted by molar-refractivity contribution is 0.247. The first-order valence-corrected chi connectivity index (χ1v) is 8.80. The first-order valence-electron chi connectivity index (χ1n) is 7.53. The van der Waals surface area contributed by atoms with Crippen LogP contribution in [0.2, 0.25) is 0 Å². The lowest BCUT2D eigenvalue weighted by Gasteiger charge is -2.34. The fourth-order valence-corrected chi connectivity index (χ4v) is 4.21. The van der Waals surface area contributed by atoms with E-state index in [2.05, 4.69) is 24.0 Å². The second-order valence-electron chi connectivity index (χ2n) is 6.98. The molecule has 1 aromatic rings. The van der Waals surface area contributed by atoms with Crippen molar-refractivity contribution in [3.63, 3.8) is 0 Å². The van der Waals surface area contributed by atoms with Gasteiger partial charge in [0.15, 0.2) is 5.82 Å². The van der Waals surface area contributed by atoms with Crippen molar-refractivity contribution in [1.82, 2.24) is 10.1 Å². The van der Waals surface area contributed by atoms with Crippen LogP contribution in [0, 0.1) is 5.41 Å². The zero-order valence-corrected chi connectivity index (χ0v) is 14.0. The summed E-state index contributed by atoms with van der Waals surface area (Å²) in [6.45, 7) is 10.6. The monoisotopic (exact) mass is 298 g/mol. The van der Waals surface area contributed by atoms with Gasteiger partial charge in [0, 0.05) is 22.0 Å². The molecule has 2 unspecified atom stereocenters. The highest BCUT2D eigenvalue weighted by Crippen LogP contribution is 2.39. The summed E-state index contributed by atoms with van der Waals surface area (Å²) in [5, 5.41) is 4.07. The minimum Gasteiger partial charge on any atom is -0.338 e. The van der Waals surface area contributed by atoms with Gasteiger partial charge in [0.2, 0.25) is 5.89 Å². The van der Waals surface area contributed by atoms with Gasteiger partial charge in [-0.3, -0.25) is 4.21 Å². The number of aromatic nitrogens is 2. The maximum atomic E-state index is 12.7. The lowest BCUT2D eigenvalue weighted by Crippen LogP contribution is -2.29. The van der Waals surface area contributed by atoms with Crippen LogP contribution in [0.25, 0.3) is 0 Å². The van der Waals surface area contributed by atoms with Gasteiger partial charge in [-0.25, -0.2) is 0 Å². The highest BCUT2D eigenvalue weighted by atomic mass is 32.2. The number of hydrogen-bond acceptors (Lipinski definition) is 4. The molecule has 0 N–H and O–H groups in total. The molecule has 1 heterocycles. The van der Waals surface area contributed by atoms with Gasteiger partial charge in [-0.15, -0.1) is 0 Å². The summed E-state index contributed by atoms with van der Waals surface area (Å²) >= 11 is 0. The normalized spacial score (nSPS) is 22.9. The van der Waals surface area contributed by atoms with E-state index < -0.39 is 10.8 Å². The van der Waals surface area contributed by atoms with Crippen molar-refractivity contribution >= 4 is 10.8 Å². The summed E-state index contributed by atoms with van der Waals surface area (Å²) in [5.41, 5.74) is 0.402. The molecule has 0 amide bonds. The molecule has 0 spiro atoms. The van der Waals surface area contributed by atoms with Crippen molar-refractivity contribution in [2.24, 2.45) is 5.41 Å². The molecule has 4 nitrogen and oxygen atoms in total. The Morgan fingerprint density at radius 3 is 2.35 bits per heavy atom. The average Bonchev–Trinajstić information content (AvgIpc) is 2.86. The van der Waals surface area contributed by atoms with E-state index in [-0.39, 0.29) is 16.4 Å². The predicted molar refractivity (Wildman–Crippen MR) is 81.0 cm³/mol. The number of rotatable bonds is 4. The van der Waals surface area contributed by atoms with Crippen molar-refractivity contribution in [3.05, 3.63) is 11.7 Å². The Morgan fingerprint density at radius 1 is 1.25 bits per heavy atom. The third-order valence-corrected chi connectivity index (χ3v) is 6.31. The Morgan fingerprint density at radius 2 is 1.85 bits per heavy atom. The molecular weight excluding hydrogens is 272 g/mol. The van der Waals surface area contributed by atoms with Crippen molar-refractivity contribution in [2.45, 2.75) is 76.7 Å². The number of nitrogens with zero attached hydrogens (tertiary/aromatic N) is 2. The molecule has 114 valence electrons. The van der Waals surface area contributed by atoms with E-state index in [4.69, 9.17) is 4.52 Å². The minimum atomic E-state index is -0.932. The molecule has 1 fully saturated rings. The summed E-state index contributed by atoms with van der Waals surface area (Å²) < 4.78 is 18.0. The highest BCUT2D eigenvalue weighted by molar-refractivity contribution is 7.85. The third-order valence-electron chi connectivity index (χ3n) is 4.28. The zero-order valence-electron chi connectivity index (χ0n) is 13.2. The molecule has 0 saturated heterocycles. The maximum absolute atomic E-state index is 12.7. The third kappa shape index (κ3) is 3.48. The number of hydrogen-bond donors (Lipinski definition) is 0. The van der Waals surface area contributed by atoms with E-state index in [1.54, 1.807) is 0 Å². The summed E-state index contributed by atoms with van der Waals surface area (Å²) in [7, 11) is -0.932. The molecule has 1 saturated carbocycles. The second kappa shape index (κ2) is 5.96. The van der Waals surface area contributed by atoms with Gasteiger partial charge >= 0.3 is 0 Å². The molecule has 1 aromatic heterocycles. The zero-order chi connectivity index (χ0) is 14.9. The smallest absolute Gasteiger partial charge is 0.242 e. The van der Waals surface area contributed by atoms with Crippen molar-refractivity contribution in [2.75, 3.05) is 0 Å². The Bertz CT molecular complexity index is 472. The predicted octanol–water partition coefficient (Wildman–Crippen LogP) is 3.97. The van der Waals surface area contributed by atoms with E-state index >= 15 is 0 Å². The Balaban J connectivity index is 2.01. The molecule has 0 bridgehead atoms. The molecule has 1 aliphatic rings. The van der Waals surface area contributed by atoms with Crippen LogP contribution in [-0.4, -0.2) is 19.6 Å². The Hall–Kier alpha value is -0.710. The Kier molecular flexibility index (Phi) is 4.67. The molecule has 20 heavy (non-hydrogen) atoms. The van der Waals surface area contributed by atoms with Crippen LogP contribution < -0.4 is 0 Å². The van der Waals surface area contributed by atoms with Gasteiger partial charge in [0.1, 0.15) is 5.25 Å². The Labute approximate surface area is 124 Å². The van der Waals surface area contributed by atoms with Gasteiger partial charge in [-0.1, -0.05) is 32.9 Å². The van der Waals surface area contributed by atoms with Crippen LogP contribution in [0.15, 0.2) is 4.52 Å². The first-order chi connectivity index (χ1) is 9.30. The van der Waals surface area contributed by atoms with E-state index in [0.717, 1.165) is 25.7 Å². The fourth-order valence-electron chi connectivity index (χ4n) is 2.64. The van der Waals surface area contributed by atoms with Gasteiger partial charge < -0.3 is 4.52 Å². The molecule has 0 aromatic carbocycles. The van der Waals surface area contributed by atoms with Crippen LogP contribution in [0.4, 0.5) is 0 Å². The van der Waals surface area contributed by atoms with Crippen LogP contribution in [0.1, 0.15) is 83.2 Å². The van der Waals surface area contributed by atoms with Gasteiger partial charge in [-0.2, -0.15) is 4.98 Å². The quantitative estimate of drug-likeness (QED) is 0.844. The van der Waals surface area contributed by atoms with E-state index in [0.29, 0.717) is 17.1 Å². The molecular formula is C15H26N2O2S. The summed E-state index contributed by atoms with van der Waals surface area (Å²) in [6, 6.07) is 0. The molecule has 0 radical (unpaired) electrons. The molecule has 2 atom stereocenters. The van der Waals surface area contributed by atoms with Crippen LogP contribution >= 0.6 is 0 Å². The maximum Gasteiger partial charge on any atom is 0.242 e. The highest BCUT2D eigenvalue weighted by Gasteiger charge is 2.33. The molecule has 5 heteroatoms. The summed E-state index contributed by atoms with van der Waals surface area (Å²) in [5.74, 6) is 1.47. The molecule has 0 aliphatic heterocycles. The van der Waals surface area contributed by atoms with Crippen molar-refractivity contribution < 1.29 is 8.73 Å².